The lowest BCUT2D eigenvalue weighted by Crippen LogP contribution is -2.44. The van der Waals surface area contributed by atoms with Gasteiger partial charge in [-0.15, -0.1) is 11.8 Å². The molecule has 0 aromatic carbocycles. The molecule has 2 unspecified atom stereocenters. The second kappa shape index (κ2) is 5.37. The van der Waals surface area contributed by atoms with Crippen molar-refractivity contribution in [3.63, 3.8) is 0 Å². The standard InChI is InChI=1S/C9H16N2O3S/c1-6(2-3-10)8(12)11-5-15-4-7(11)9(13)14/h6-7H,2-5,10H2,1H3,(H,13,14). The first-order valence-corrected chi connectivity index (χ1v) is 6.04. The molecule has 2 atom stereocenters. The fourth-order valence-electron chi connectivity index (χ4n) is 1.52. The van der Waals surface area contributed by atoms with Crippen LogP contribution in [0, 0.1) is 5.92 Å². The van der Waals surface area contributed by atoms with E-state index >= 15 is 0 Å². The molecular formula is C9H16N2O3S. The Morgan fingerprint density at radius 1 is 1.67 bits per heavy atom. The molecule has 5 nitrogen and oxygen atoms in total. The molecule has 86 valence electrons. The monoisotopic (exact) mass is 232 g/mol. The lowest BCUT2D eigenvalue weighted by Gasteiger charge is -2.23. The summed E-state index contributed by atoms with van der Waals surface area (Å²) in [4.78, 5) is 24.1. The number of hydrogen-bond acceptors (Lipinski definition) is 4. The van der Waals surface area contributed by atoms with Gasteiger partial charge < -0.3 is 15.7 Å². The zero-order valence-electron chi connectivity index (χ0n) is 8.68. The number of rotatable bonds is 4. The SMILES string of the molecule is CC(CCN)C(=O)N1CSCC1C(=O)O. The Hall–Kier alpha value is -0.750. The van der Waals surface area contributed by atoms with Gasteiger partial charge in [0.2, 0.25) is 5.91 Å². The first-order chi connectivity index (χ1) is 7.07. The third-order valence-electron chi connectivity index (χ3n) is 2.47. The van der Waals surface area contributed by atoms with E-state index in [9.17, 15) is 9.59 Å². The van der Waals surface area contributed by atoms with Crippen LogP contribution >= 0.6 is 11.8 Å². The molecule has 0 aromatic heterocycles. The van der Waals surface area contributed by atoms with Gasteiger partial charge in [0.25, 0.3) is 0 Å². The smallest absolute Gasteiger partial charge is 0.327 e. The Morgan fingerprint density at radius 2 is 2.33 bits per heavy atom. The highest BCUT2D eigenvalue weighted by molar-refractivity contribution is 7.99. The largest absolute Gasteiger partial charge is 0.480 e. The predicted octanol–water partition coefficient (Wildman–Crippen LogP) is -0.0426. The van der Waals surface area contributed by atoms with Crippen LogP contribution in [-0.2, 0) is 9.59 Å². The van der Waals surface area contributed by atoms with Gasteiger partial charge in [-0.25, -0.2) is 4.79 Å². The van der Waals surface area contributed by atoms with E-state index in [1.807, 2.05) is 0 Å². The lowest BCUT2D eigenvalue weighted by atomic mass is 10.1. The third kappa shape index (κ3) is 2.85. The van der Waals surface area contributed by atoms with Crippen molar-refractivity contribution < 1.29 is 14.7 Å². The Kier molecular flexibility index (Phi) is 4.41. The number of carboxylic acids is 1. The quantitative estimate of drug-likeness (QED) is 0.710. The number of carbonyl (C=O) groups is 2. The molecule has 3 N–H and O–H groups in total. The topological polar surface area (TPSA) is 83.6 Å². The summed E-state index contributed by atoms with van der Waals surface area (Å²) >= 11 is 1.48. The average molecular weight is 232 g/mol. The zero-order valence-corrected chi connectivity index (χ0v) is 9.50. The third-order valence-corrected chi connectivity index (χ3v) is 3.48. The summed E-state index contributed by atoms with van der Waals surface area (Å²) in [6, 6.07) is -0.664. The van der Waals surface area contributed by atoms with Crippen LogP contribution in [0.15, 0.2) is 0 Å². The summed E-state index contributed by atoms with van der Waals surface area (Å²) in [5.41, 5.74) is 5.37. The van der Waals surface area contributed by atoms with Gasteiger partial charge in [-0.1, -0.05) is 6.92 Å². The van der Waals surface area contributed by atoms with Crippen molar-refractivity contribution in [2.45, 2.75) is 19.4 Å². The number of nitrogens with two attached hydrogens (primary N) is 1. The molecule has 1 aliphatic heterocycles. The number of thioether (sulfide) groups is 1. The van der Waals surface area contributed by atoms with Crippen molar-refractivity contribution in [1.29, 1.82) is 0 Å². The maximum atomic E-state index is 11.8. The van der Waals surface area contributed by atoms with Crippen LogP contribution in [0.2, 0.25) is 0 Å². The average Bonchev–Trinajstić information content (AvgIpc) is 2.65. The fraction of sp³-hybridized carbons (Fsp3) is 0.778. The highest BCUT2D eigenvalue weighted by Gasteiger charge is 2.35. The van der Waals surface area contributed by atoms with Crippen molar-refractivity contribution >= 4 is 23.6 Å². The van der Waals surface area contributed by atoms with Crippen LogP contribution in [0.1, 0.15) is 13.3 Å². The van der Waals surface area contributed by atoms with Crippen molar-refractivity contribution in [2.24, 2.45) is 11.7 Å². The van der Waals surface area contributed by atoms with Crippen molar-refractivity contribution in [3.05, 3.63) is 0 Å². The molecule has 1 rings (SSSR count). The van der Waals surface area contributed by atoms with Crippen molar-refractivity contribution in [2.75, 3.05) is 18.2 Å². The normalized spacial score (nSPS) is 22.8. The lowest BCUT2D eigenvalue weighted by molar-refractivity contribution is -0.149. The van der Waals surface area contributed by atoms with E-state index in [1.54, 1.807) is 6.92 Å². The molecule has 1 fully saturated rings. The second-order valence-corrected chi connectivity index (χ2v) is 4.64. The summed E-state index contributed by atoms with van der Waals surface area (Å²) in [6.07, 6.45) is 0.604. The molecule has 1 heterocycles. The van der Waals surface area contributed by atoms with Crippen LogP contribution in [0.3, 0.4) is 0 Å². The molecule has 0 aromatic rings. The van der Waals surface area contributed by atoms with E-state index in [0.717, 1.165) is 0 Å². The fourth-order valence-corrected chi connectivity index (χ4v) is 2.68. The molecule has 0 spiro atoms. The van der Waals surface area contributed by atoms with E-state index in [4.69, 9.17) is 10.8 Å². The van der Waals surface area contributed by atoms with E-state index in [2.05, 4.69) is 0 Å². The van der Waals surface area contributed by atoms with E-state index < -0.39 is 12.0 Å². The molecule has 0 saturated carbocycles. The number of hydrogen-bond donors (Lipinski definition) is 2. The summed E-state index contributed by atoms with van der Waals surface area (Å²) in [7, 11) is 0. The van der Waals surface area contributed by atoms with Crippen LogP contribution < -0.4 is 5.73 Å². The number of aliphatic carboxylic acids is 1. The van der Waals surface area contributed by atoms with Gasteiger partial charge in [0, 0.05) is 11.7 Å². The molecular weight excluding hydrogens is 216 g/mol. The van der Waals surface area contributed by atoms with E-state index in [1.165, 1.54) is 16.7 Å². The number of amides is 1. The molecule has 1 aliphatic rings. The minimum absolute atomic E-state index is 0.0992. The molecule has 1 saturated heterocycles. The number of nitrogens with zero attached hydrogens (tertiary/aromatic N) is 1. The van der Waals surface area contributed by atoms with Crippen molar-refractivity contribution in [3.8, 4) is 0 Å². The second-order valence-electron chi connectivity index (χ2n) is 3.64. The molecule has 0 bridgehead atoms. The van der Waals surface area contributed by atoms with Crippen LogP contribution in [0.25, 0.3) is 0 Å². The highest BCUT2D eigenvalue weighted by atomic mass is 32.2. The summed E-state index contributed by atoms with van der Waals surface area (Å²) in [6.45, 7) is 2.24. The van der Waals surface area contributed by atoms with Crippen LogP contribution in [0.5, 0.6) is 0 Å². The van der Waals surface area contributed by atoms with E-state index in [0.29, 0.717) is 24.6 Å². The van der Waals surface area contributed by atoms with Gasteiger partial charge in [-0.3, -0.25) is 4.79 Å². The highest BCUT2D eigenvalue weighted by Crippen LogP contribution is 2.23. The predicted molar refractivity (Wildman–Crippen MR) is 58.4 cm³/mol. The minimum Gasteiger partial charge on any atom is -0.480 e. The zero-order chi connectivity index (χ0) is 11.4. The van der Waals surface area contributed by atoms with Gasteiger partial charge in [-0.05, 0) is 13.0 Å². The van der Waals surface area contributed by atoms with Crippen LogP contribution in [-0.4, -0.2) is 46.1 Å². The van der Waals surface area contributed by atoms with Gasteiger partial charge in [0.1, 0.15) is 6.04 Å². The Balaban J connectivity index is 2.62. The minimum atomic E-state index is -0.923. The van der Waals surface area contributed by atoms with E-state index in [-0.39, 0.29) is 11.8 Å². The molecule has 15 heavy (non-hydrogen) atoms. The first-order valence-electron chi connectivity index (χ1n) is 4.89. The van der Waals surface area contributed by atoms with Gasteiger partial charge in [0.05, 0.1) is 5.88 Å². The molecule has 6 heteroatoms. The Labute approximate surface area is 93.0 Å². The summed E-state index contributed by atoms with van der Waals surface area (Å²) in [5, 5.41) is 8.91. The first kappa shape index (κ1) is 12.3. The molecule has 0 aliphatic carbocycles. The Morgan fingerprint density at radius 3 is 2.87 bits per heavy atom. The maximum absolute atomic E-state index is 11.8. The van der Waals surface area contributed by atoms with Crippen LogP contribution in [0.4, 0.5) is 0 Å². The number of carbonyl (C=O) groups excluding carboxylic acids is 1. The Bertz CT molecular complexity index is 260. The van der Waals surface area contributed by atoms with Gasteiger partial charge in [0.15, 0.2) is 0 Å². The maximum Gasteiger partial charge on any atom is 0.327 e. The number of carboxylic acid groups (broad SMARTS) is 1. The van der Waals surface area contributed by atoms with Crippen molar-refractivity contribution in [1.82, 2.24) is 4.90 Å². The van der Waals surface area contributed by atoms with Gasteiger partial charge >= 0.3 is 5.97 Å². The summed E-state index contributed by atoms with van der Waals surface area (Å²) < 4.78 is 0. The summed E-state index contributed by atoms with van der Waals surface area (Å²) in [5.74, 6) is -0.247. The van der Waals surface area contributed by atoms with Gasteiger partial charge in [-0.2, -0.15) is 0 Å². The molecule has 0 radical (unpaired) electrons. The molecule has 1 amide bonds.